The highest BCUT2D eigenvalue weighted by atomic mass is 35.5. The van der Waals surface area contributed by atoms with Crippen LogP contribution >= 0.6 is 11.6 Å². The molecule has 0 aliphatic carbocycles. The standard InChI is InChI=1S/C20H26ClN5O2/c1-2-23-20(25-12-10-16-5-8-18(21)26-13-16)24-11-9-15-3-6-17(7-4-15)28-14-19(22)27/h3-8,13H,2,9-12,14H2,1H3,(H2,22,27)(H2,23,24,25). The first-order valence-corrected chi connectivity index (χ1v) is 9.57. The molecule has 0 spiro atoms. The van der Waals surface area contributed by atoms with Gasteiger partial charge in [-0.05, 0) is 49.1 Å². The highest BCUT2D eigenvalue weighted by Crippen LogP contribution is 2.12. The van der Waals surface area contributed by atoms with E-state index < -0.39 is 5.91 Å². The number of hydrogen-bond donors (Lipinski definition) is 3. The average Bonchev–Trinajstić information content (AvgIpc) is 2.69. The highest BCUT2D eigenvalue weighted by Gasteiger charge is 2.01. The number of nitrogens with zero attached hydrogens (tertiary/aromatic N) is 2. The van der Waals surface area contributed by atoms with Crippen LogP contribution in [0.3, 0.4) is 0 Å². The molecule has 150 valence electrons. The lowest BCUT2D eigenvalue weighted by atomic mass is 10.1. The first kappa shape index (κ1) is 21.5. The Balaban J connectivity index is 1.78. The summed E-state index contributed by atoms with van der Waals surface area (Å²) in [6, 6.07) is 11.3. The van der Waals surface area contributed by atoms with Gasteiger partial charge < -0.3 is 21.1 Å². The summed E-state index contributed by atoms with van der Waals surface area (Å²) in [5.41, 5.74) is 7.32. The third kappa shape index (κ3) is 8.26. The third-order valence-corrected chi connectivity index (χ3v) is 4.04. The molecule has 0 unspecified atom stereocenters. The Bertz CT molecular complexity index is 763. The number of aromatic nitrogens is 1. The van der Waals surface area contributed by atoms with Crippen LogP contribution in [0.5, 0.6) is 5.75 Å². The van der Waals surface area contributed by atoms with Crippen LogP contribution in [0.1, 0.15) is 18.1 Å². The maximum Gasteiger partial charge on any atom is 0.255 e. The number of nitrogens with two attached hydrogens (primary N) is 1. The fraction of sp³-hybridized carbons (Fsp3) is 0.350. The Labute approximate surface area is 170 Å². The van der Waals surface area contributed by atoms with Crippen molar-refractivity contribution in [2.75, 3.05) is 26.2 Å². The van der Waals surface area contributed by atoms with Crippen LogP contribution in [0.4, 0.5) is 0 Å². The summed E-state index contributed by atoms with van der Waals surface area (Å²) in [4.78, 5) is 19.4. The summed E-state index contributed by atoms with van der Waals surface area (Å²) >= 11 is 5.80. The predicted octanol–water partition coefficient (Wildman–Crippen LogP) is 1.94. The smallest absolute Gasteiger partial charge is 0.255 e. The van der Waals surface area contributed by atoms with Gasteiger partial charge in [0, 0.05) is 25.8 Å². The number of guanidine groups is 1. The molecule has 0 bridgehead atoms. The second-order valence-corrected chi connectivity index (χ2v) is 6.46. The number of carbonyl (C=O) groups excluding carboxylic acids is 1. The Hall–Kier alpha value is -2.80. The summed E-state index contributed by atoms with van der Waals surface area (Å²) in [6.07, 6.45) is 3.42. The lowest BCUT2D eigenvalue weighted by molar-refractivity contribution is -0.119. The lowest BCUT2D eigenvalue weighted by Crippen LogP contribution is -2.38. The molecule has 8 heteroatoms. The second-order valence-electron chi connectivity index (χ2n) is 6.08. The summed E-state index contributed by atoms with van der Waals surface area (Å²) in [6.45, 7) is 4.11. The number of primary amides is 1. The molecule has 2 rings (SSSR count). The minimum Gasteiger partial charge on any atom is -0.484 e. The van der Waals surface area contributed by atoms with Crippen molar-refractivity contribution in [2.24, 2.45) is 10.7 Å². The van der Waals surface area contributed by atoms with Crippen LogP contribution in [0.25, 0.3) is 0 Å². The van der Waals surface area contributed by atoms with Gasteiger partial charge in [0.05, 0.1) is 0 Å². The molecule has 1 aromatic carbocycles. The van der Waals surface area contributed by atoms with E-state index in [9.17, 15) is 4.79 Å². The number of pyridine rings is 1. The molecule has 4 N–H and O–H groups in total. The number of rotatable bonds is 10. The minimum atomic E-state index is -0.491. The van der Waals surface area contributed by atoms with Crippen LogP contribution in [0.2, 0.25) is 5.15 Å². The lowest BCUT2D eigenvalue weighted by Gasteiger charge is -2.11. The van der Waals surface area contributed by atoms with Gasteiger partial charge in [0.25, 0.3) is 5.91 Å². The Kier molecular flexibility index (Phi) is 9.07. The van der Waals surface area contributed by atoms with Crippen molar-refractivity contribution in [1.82, 2.24) is 15.6 Å². The van der Waals surface area contributed by atoms with Gasteiger partial charge in [-0.15, -0.1) is 0 Å². The van der Waals surface area contributed by atoms with E-state index in [2.05, 4.69) is 20.6 Å². The molecule has 1 aromatic heterocycles. The number of halogens is 1. The third-order valence-electron chi connectivity index (χ3n) is 3.81. The van der Waals surface area contributed by atoms with E-state index in [-0.39, 0.29) is 6.61 Å². The summed E-state index contributed by atoms with van der Waals surface area (Å²) in [7, 11) is 0. The number of carbonyl (C=O) groups is 1. The highest BCUT2D eigenvalue weighted by molar-refractivity contribution is 6.29. The fourth-order valence-electron chi connectivity index (χ4n) is 2.42. The molecule has 7 nitrogen and oxygen atoms in total. The second kappa shape index (κ2) is 11.8. The first-order valence-electron chi connectivity index (χ1n) is 9.19. The van der Waals surface area contributed by atoms with Crippen LogP contribution in [-0.4, -0.2) is 43.1 Å². The average molecular weight is 404 g/mol. The van der Waals surface area contributed by atoms with Gasteiger partial charge in [-0.1, -0.05) is 29.8 Å². The molecule has 0 aliphatic heterocycles. The van der Waals surface area contributed by atoms with E-state index in [1.165, 1.54) is 0 Å². The van der Waals surface area contributed by atoms with Crippen LogP contribution in [0.15, 0.2) is 47.6 Å². The van der Waals surface area contributed by atoms with Gasteiger partial charge in [0.2, 0.25) is 0 Å². The molecular formula is C20H26ClN5O2. The van der Waals surface area contributed by atoms with Gasteiger partial charge in [-0.3, -0.25) is 9.79 Å². The van der Waals surface area contributed by atoms with Gasteiger partial charge in [-0.25, -0.2) is 4.98 Å². The zero-order valence-electron chi connectivity index (χ0n) is 16.0. The zero-order chi connectivity index (χ0) is 20.2. The van der Waals surface area contributed by atoms with Crippen molar-refractivity contribution in [3.8, 4) is 5.75 Å². The number of aliphatic imine (C=N–C) groups is 1. The number of hydrogen-bond acceptors (Lipinski definition) is 4. The Morgan fingerprint density at radius 1 is 1.14 bits per heavy atom. The van der Waals surface area contributed by atoms with Crippen LogP contribution < -0.4 is 21.1 Å². The van der Waals surface area contributed by atoms with Crippen LogP contribution in [0, 0.1) is 0 Å². The van der Waals surface area contributed by atoms with E-state index >= 15 is 0 Å². The van der Waals surface area contributed by atoms with Crippen molar-refractivity contribution < 1.29 is 9.53 Å². The molecular weight excluding hydrogens is 378 g/mol. The number of benzene rings is 1. The number of nitrogens with one attached hydrogen (secondary N) is 2. The number of amides is 1. The molecule has 0 saturated heterocycles. The minimum absolute atomic E-state index is 0.118. The van der Waals surface area contributed by atoms with E-state index in [0.717, 1.165) is 43.0 Å². The Morgan fingerprint density at radius 2 is 1.89 bits per heavy atom. The topological polar surface area (TPSA) is 102 Å². The normalized spacial score (nSPS) is 11.1. The predicted molar refractivity (Wildman–Crippen MR) is 112 cm³/mol. The van der Waals surface area contributed by atoms with Crippen LogP contribution in [-0.2, 0) is 17.6 Å². The molecule has 0 radical (unpaired) electrons. The largest absolute Gasteiger partial charge is 0.484 e. The van der Waals surface area contributed by atoms with Gasteiger partial charge in [0.1, 0.15) is 10.9 Å². The Morgan fingerprint density at radius 3 is 2.54 bits per heavy atom. The quantitative estimate of drug-likeness (QED) is 0.319. The molecule has 0 aliphatic rings. The molecule has 0 atom stereocenters. The van der Waals surface area contributed by atoms with E-state index in [1.54, 1.807) is 12.3 Å². The van der Waals surface area contributed by atoms with Crippen molar-refractivity contribution in [3.63, 3.8) is 0 Å². The van der Waals surface area contributed by atoms with Gasteiger partial charge in [-0.2, -0.15) is 0 Å². The van der Waals surface area contributed by atoms with E-state index in [4.69, 9.17) is 22.1 Å². The van der Waals surface area contributed by atoms with Crippen molar-refractivity contribution >= 4 is 23.5 Å². The monoisotopic (exact) mass is 403 g/mol. The molecule has 28 heavy (non-hydrogen) atoms. The van der Waals surface area contributed by atoms with E-state index in [0.29, 0.717) is 17.4 Å². The zero-order valence-corrected chi connectivity index (χ0v) is 16.7. The van der Waals surface area contributed by atoms with E-state index in [1.807, 2.05) is 37.3 Å². The summed E-state index contributed by atoms with van der Waals surface area (Å²) < 4.78 is 5.25. The van der Waals surface area contributed by atoms with Gasteiger partial charge in [0.15, 0.2) is 12.6 Å². The SMILES string of the molecule is CCNC(=NCCc1ccc(OCC(N)=O)cc1)NCCc1ccc(Cl)nc1. The fourth-order valence-corrected chi connectivity index (χ4v) is 2.54. The maximum atomic E-state index is 10.7. The van der Waals surface area contributed by atoms with Crippen molar-refractivity contribution in [1.29, 1.82) is 0 Å². The molecule has 1 amide bonds. The van der Waals surface area contributed by atoms with Gasteiger partial charge >= 0.3 is 0 Å². The maximum absolute atomic E-state index is 10.7. The first-order chi connectivity index (χ1) is 13.6. The molecule has 1 heterocycles. The molecule has 0 saturated carbocycles. The molecule has 2 aromatic rings. The summed E-state index contributed by atoms with van der Waals surface area (Å²) in [5.74, 6) is 0.915. The summed E-state index contributed by atoms with van der Waals surface area (Å²) in [5, 5.41) is 7.06. The number of ether oxygens (including phenoxy) is 1. The molecule has 0 fully saturated rings. The van der Waals surface area contributed by atoms with Crippen molar-refractivity contribution in [2.45, 2.75) is 19.8 Å². The van der Waals surface area contributed by atoms with Crippen molar-refractivity contribution in [3.05, 3.63) is 58.9 Å².